The largest absolute Gasteiger partial charge is 0.303 e. The summed E-state index contributed by atoms with van der Waals surface area (Å²) >= 11 is 6.56. The van der Waals surface area contributed by atoms with Crippen LogP contribution in [0, 0.1) is 17.8 Å². The van der Waals surface area contributed by atoms with Gasteiger partial charge in [0, 0.05) is 24.7 Å². The molecule has 1 nitrogen and oxygen atoms in total. The maximum atomic E-state index is 6.56. The summed E-state index contributed by atoms with van der Waals surface area (Å²) in [6.07, 6.45) is 2.45. The van der Waals surface area contributed by atoms with Crippen LogP contribution >= 0.6 is 11.6 Å². The van der Waals surface area contributed by atoms with Gasteiger partial charge in [0.05, 0.1) is 0 Å². The lowest BCUT2D eigenvalue weighted by molar-refractivity contribution is 0.125. The van der Waals surface area contributed by atoms with Gasteiger partial charge in [-0.05, 0) is 53.2 Å². The molecule has 0 bridgehead atoms. The van der Waals surface area contributed by atoms with Gasteiger partial charge < -0.3 is 4.90 Å². The van der Waals surface area contributed by atoms with E-state index in [9.17, 15) is 0 Å². The van der Waals surface area contributed by atoms with Crippen LogP contribution in [0.5, 0.6) is 0 Å². The third-order valence-corrected chi connectivity index (χ3v) is 5.35. The number of hydrogen-bond donors (Lipinski definition) is 0. The van der Waals surface area contributed by atoms with Gasteiger partial charge in [0.15, 0.2) is 0 Å². The van der Waals surface area contributed by atoms with Crippen molar-refractivity contribution in [3.05, 3.63) is 34.3 Å². The summed E-state index contributed by atoms with van der Waals surface area (Å²) in [6.45, 7) is 17.5. The van der Waals surface area contributed by atoms with E-state index in [0.29, 0.717) is 5.92 Å². The van der Waals surface area contributed by atoms with Crippen LogP contribution in [0.15, 0.2) is 18.2 Å². The highest BCUT2D eigenvalue weighted by atomic mass is 35.5. The molecule has 1 saturated heterocycles. The summed E-state index contributed by atoms with van der Waals surface area (Å²) in [5.41, 5.74) is 2.77. The Morgan fingerprint density at radius 3 is 2.30 bits per heavy atom. The van der Waals surface area contributed by atoms with Crippen LogP contribution < -0.4 is 0 Å². The normalized spacial score (nSPS) is 24.7. The van der Waals surface area contributed by atoms with Crippen molar-refractivity contribution in [1.82, 2.24) is 4.90 Å². The quantitative estimate of drug-likeness (QED) is 0.672. The van der Waals surface area contributed by atoms with Gasteiger partial charge in [-0.2, -0.15) is 0 Å². The van der Waals surface area contributed by atoms with E-state index in [1.54, 1.807) is 0 Å². The number of piperidine rings is 1. The van der Waals surface area contributed by atoms with Crippen LogP contribution in [0.4, 0.5) is 0 Å². The van der Waals surface area contributed by atoms with E-state index in [0.717, 1.165) is 23.3 Å². The highest BCUT2D eigenvalue weighted by molar-refractivity contribution is 6.31. The first-order valence-electron chi connectivity index (χ1n) is 9.16. The van der Waals surface area contributed by atoms with E-state index in [2.05, 4.69) is 64.6 Å². The average molecular weight is 336 g/mol. The zero-order valence-electron chi connectivity index (χ0n) is 15.8. The van der Waals surface area contributed by atoms with Gasteiger partial charge in [-0.25, -0.2) is 0 Å². The van der Waals surface area contributed by atoms with E-state index in [1.165, 1.54) is 37.2 Å². The first-order valence-corrected chi connectivity index (χ1v) is 9.54. The number of halogens is 1. The van der Waals surface area contributed by atoms with Crippen molar-refractivity contribution >= 4 is 11.6 Å². The zero-order valence-corrected chi connectivity index (χ0v) is 16.6. The first kappa shape index (κ1) is 18.8. The van der Waals surface area contributed by atoms with Crippen molar-refractivity contribution in [3.8, 4) is 0 Å². The van der Waals surface area contributed by atoms with Gasteiger partial charge in [-0.1, -0.05) is 65.3 Å². The van der Waals surface area contributed by atoms with E-state index >= 15 is 0 Å². The lowest BCUT2D eigenvalue weighted by Crippen LogP contribution is -2.41. The molecule has 1 aromatic rings. The minimum atomic E-state index is 0.161. The summed E-state index contributed by atoms with van der Waals surface area (Å²) < 4.78 is 0. The Morgan fingerprint density at radius 2 is 1.78 bits per heavy atom. The van der Waals surface area contributed by atoms with Crippen LogP contribution in [0.3, 0.4) is 0 Å². The number of hydrogen-bond acceptors (Lipinski definition) is 1. The Kier molecular flexibility index (Phi) is 6.19. The molecule has 0 saturated carbocycles. The van der Waals surface area contributed by atoms with Crippen LogP contribution in [0.2, 0.25) is 5.02 Å². The standard InChI is InChI=1S/C21H34ClN/c1-15-9-16(2)13-23(12-15)14-17(3)10-18-7-8-19(11-20(18)22)21(4,5)6/h7-8,11,15-17H,9-10,12-14H2,1-6H3. The Bertz CT molecular complexity index is 507. The van der Waals surface area contributed by atoms with Gasteiger partial charge in [0.1, 0.15) is 0 Å². The predicted molar refractivity (Wildman–Crippen MR) is 102 cm³/mol. The van der Waals surface area contributed by atoms with E-state index in [4.69, 9.17) is 11.6 Å². The summed E-state index contributed by atoms with van der Waals surface area (Å²) in [7, 11) is 0. The fourth-order valence-electron chi connectivity index (χ4n) is 4.00. The summed E-state index contributed by atoms with van der Waals surface area (Å²) in [4.78, 5) is 2.65. The molecule has 0 aliphatic carbocycles. The summed E-state index contributed by atoms with van der Waals surface area (Å²) in [6, 6.07) is 6.65. The van der Waals surface area contributed by atoms with Crippen molar-refractivity contribution in [2.75, 3.05) is 19.6 Å². The lowest BCUT2D eigenvalue weighted by atomic mass is 9.86. The SMILES string of the molecule is CC(Cc1ccc(C(C)(C)C)cc1Cl)CN1CC(C)CC(C)C1. The molecule has 2 heteroatoms. The van der Waals surface area contributed by atoms with Crippen molar-refractivity contribution in [1.29, 1.82) is 0 Å². The maximum absolute atomic E-state index is 6.56. The minimum Gasteiger partial charge on any atom is -0.303 e. The molecule has 2 rings (SSSR count). The molecule has 23 heavy (non-hydrogen) atoms. The topological polar surface area (TPSA) is 3.24 Å². The molecule has 1 aliphatic rings. The third kappa shape index (κ3) is 5.50. The molecular formula is C21H34ClN. The molecule has 0 radical (unpaired) electrons. The van der Waals surface area contributed by atoms with E-state index in [1.807, 2.05) is 0 Å². The van der Waals surface area contributed by atoms with Gasteiger partial charge in [0.2, 0.25) is 0 Å². The Hall–Kier alpha value is -0.530. The van der Waals surface area contributed by atoms with Gasteiger partial charge in [-0.3, -0.25) is 0 Å². The number of rotatable bonds is 4. The van der Waals surface area contributed by atoms with Gasteiger partial charge in [0.25, 0.3) is 0 Å². The molecular weight excluding hydrogens is 302 g/mol. The minimum absolute atomic E-state index is 0.161. The average Bonchev–Trinajstić information content (AvgIpc) is 2.38. The highest BCUT2D eigenvalue weighted by Gasteiger charge is 2.23. The molecule has 1 heterocycles. The maximum Gasteiger partial charge on any atom is 0.0441 e. The Balaban J connectivity index is 1.96. The molecule has 0 N–H and O–H groups in total. The van der Waals surface area contributed by atoms with Crippen molar-refractivity contribution in [3.63, 3.8) is 0 Å². The fourth-order valence-corrected chi connectivity index (χ4v) is 4.26. The van der Waals surface area contributed by atoms with Crippen molar-refractivity contribution < 1.29 is 0 Å². The highest BCUT2D eigenvalue weighted by Crippen LogP contribution is 2.29. The van der Waals surface area contributed by atoms with Crippen LogP contribution in [0.25, 0.3) is 0 Å². The van der Waals surface area contributed by atoms with Crippen molar-refractivity contribution in [2.45, 2.75) is 59.8 Å². The lowest BCUT2D eigenvalue weighted by Gasteiger charge is -2.36. The predicted octanol–water partition coefficient (Wildman–Crippen LogP) is 5.79. The van der Waals surface area contributed by atoms with E-state index < -0.39 is 0 Å². The van der Waals surface area contributed by atoms with Crippen LogP contribution in [0.1, 0.15) is 59.1 Å². The third-order valence-electron chi connectivity index (χ3n) is 5.00. The number of benzene rings is 1. The van der Waals surface area contributed by atoms with Crippen LogP contribution in [-0.2, 0) is 11.8 Å². The molecule has 0 aromatic heterocycles. The second-order valence-electron chi connectivity index (χ2n) is 9.03. The van der Waals surface area contributed by atoms with Gasteiger partial charge >= 0.3 is 0 Å². The second kappa shape index (κ2) is 7.57. The zero-order chi connectivity index (χ0) is 17.2. The second-order valence-corrected chi connectivity index (χ2v) is 9.44. The number of nitrogens with zero attached hydrogens (tertiary/aromatic N) is 1. The molecule has 1 aromatic carbocycles. The van der Waals surface area contributed by atoms with Crippen molar-refractivity contribution in [2.24, 2.45) is 17.8 Å². The molecule has 1 aliphatic heterocycles. The Morgan fingerprint density at radius 1 is 1.17 bits per heavy atom. The molecule has 1 fully saturated rings. The fraction of sp³-hybridized carbons (Fsp3) is 0.714. The molecule has 0 amide bonds. The number of likely N-dealkylation sites (tertiary alicyclic amines) is 1. The molecule has 3 unspecified atom stereocenters. The Labute approximate surface area is 148 Å². The smallest absolute Gasteiger partial charge is 0.0441 e. The first-order chi connectivity index (χ1) is 10.6. The monoisotopic (exact) mass is 335 g/mol. The summed E-state index contributed by atoms with van der Waals surface area (Å²) in [5, 5.41) is 0.935. The molecule has 0 spiro atoms. The van der Waals surface area contributed by atoms with Crippen LogP contribution in [-0.4, -0.2) is 24.5 Å². The van der Waals surface area contributed by atoms with E-state index in [-0.39, 0.29) is 5.41 Å². The summed E-state index contributed by atoms with van der Waals surface area (Å²) in [5.74, 6) is 2.31. The molecule has 130 valence electrons. The van der Waals surface area contributed by atoms with Gasteiger partial charge in [-0.15, -0.1) is 0 Å². The molecule has 3 atom stereocenters.